The Bertz CT molecular complexity index is 1740. The minimum atomic E-state index is -0.374. The molecule has 0 aliphatic carbocycles. The number of methoxy groups -OCH3 is 1. The molecule has 0 aliphatic heterocycles. The molecule has 0 aliphatic rings. The maximum atomic E-state index is 12.7. The van der Waals surface area contributed by atoms with E-state index in [0.29, 0.717) is 33.3 Å². The van der Waals surface area contributed by atoms with Crippen LogP contribution in [0.3, 0.4) is 0 Å². The standard InChI is InChI=1S/C32H26ClN5O4S/c1-41-29-9-5-3-7-26(29)36-30(39)19-42-28-8-4-2-6-23(28)18-34-38-31(40)22-12-10-21(11-13-22)27-20-43-32(37-27)35-25-16-14-24(33)15-17-25/h2-18,20H,19H2,1H3,(H,35,37)(H,36,39)(H,38,40)/b34-18-. The Morgan fingerprint density at radius 3 is 2.42 bits per heavy atom. The van der Waals surface area contributed by atoms with Crippen molar-refractivity contribution in [1.29, 1.82) is 0 Å². The molecule has 0 saturated carbocycles. The zero-order valence-electron chi connectivity index (χ0n) is 22.9. The van der Waals surface area contributed by atoms with Crippen LogP contribution < -0.4 is 25.5 Å². The molecule has 4 aromatic carbocycles. The van der Waals surface area contributed by atoms with Gasteiger partial charge >= 0.3 is 0 Å². The summed E-state index contributed by atoms with van der Waals surface area (Å²) in [5.41, 5.74) is 6.66. The lowest BCUT2D eigenvalue weighted by molar-refractivity contribution is -0.118. The van der Waals surface area contributed by atoms with Crippen LogP contribution in [0.15, 0.2) is 108 Å². The number of carbonyl (C=O) groups is 2. The molecule has 0 fully saturated rings. The van der Waals surface area contributed by atoms with Crippen LogP contribution in [0.25, 0.3) is 11.3 Å². The van der Waals surface area contributed by atoms with Gasteiger partial charge in [-0.1, -0.05) is 48.0 Å². The maximum Gasteiger partial charge on any atom is 0.271 e. The highest BCUT2D eigenvalue weighted by atomic mass is 35.5. The smallest absolute Gasteiger partial charge is 0.271 e. The molecule has 1 aromatic heterocycles. The third-order valence-electron chi connectivity index (χ3n) is 6.07. The fraction of sp³-hybridized carbons (Fsp3) is 0.0625. The number of thiazole rings is 1. The van der Waals surface area contributed by atoms with E-state index >= 15 is 0 Å². The Morgan fingerprint density at radius 2 is 1.65 bits per heavy atom. The summed E-state index contributed by atoms with van der Waals surface area (Å²) in [6, 6.07) is 28.6. The van der Waals surface area contributed by atoms with E-state index in [4.69, 9.17) is 21.1 Å². The zero-order chi connectivity index (χ0) is 30.0. The number of aromatic nitrogens is 1. The second-order valence-corrected chi connectivity index (χ2v) is 10.3. The van der Waals surface area contributed by atoms with Crippen molar-refractivity contribution in [2.24, 2.45) is 5.10 Å². The number of nitrogens with one attached hydrogen (secondary N) is 3. The van der Waals surface area contributed by atoms with Gasteiger partial charge in [-0.2, -0.15) is 5.10 Å². The second kappa shape index (κ2) is 14.1. The molecular formula is C32H26ClN5O4S. The Kier molecular flexibility index (Phi) is 9.63. The predicted molar refractivity (Wildman–Crippen MR) is 171 cm³/mol. The first kappa shape index (κ1) is 29.3. The van der Waals surface area contributed by atoms with Gasteiger partial charge in [0.25, 0.3) is 11.8 Å². The van der Waals surface area contributed by atoms with Gasteiger partial charge in [0.1, 0.15) is 11.5 Å². The first-order valence-electron chi connectivity index (χ1n) is 13.0. The number of rotatable bonds is 11. The van der Waals surface area contributed by atoms with Gasteiger partial charge < -0.3 is 20.1 Å². The van der Waals surface area contributed by atoms with E-state index < -0.39 is 0 Å². The number of para-hydroxylation sites is 3. The van der Waals surface area contributed by atoms with Crippen LogP contribution in [-0.2, 0) is 4.79 Å². The van der Waals surface area contributed by atoms with Crippen molar-refractivity contribution >= 4 is 57.5 Å². The van der Waals surface area contributed by atoms with Crippen LogP contribution in [0, 0.1) is 0 Å². The SMILES string of the molecule is COc1ccccc1NC(=O)COc1ccccc1/C=N\NC(=O)c1ccc(-c2csc(Nc3ccc(Cl)cc3)n2)cc1. The molecule has 2 amide bonds. The van der Waals surface area contributed by atoms with E-state index in [9.17, 15) is 9.59 Å². The lowest BCUT2D eigenvalue weighted by Crippen LogP contribution is -2.21. The van der Waals surface area contributed by atoms with Crippen LogP contribution >= 0.6 is 22.9 Å². The van der Waals surface area contributed by atoms with E-state index in [2.05, 4.69) is 26.1 Å². The zero-order valence-corrected chi connectivity index (χ0v) is 24.5. The summed E-state index contributed by atoms with van der Waals surface area (Å²) in [5.74, 6) is 0.266. The van der Waals surface area contributed by atoms with E-state index in [0.717, 1.165) is 22.1 Å². The molecule has 11 heteroatoms. The number of amides is 2. The van der Waals surface area contributed by atoms with Crippen LogP contribution in [0.1, 0.15) is 15.9 Å². The third kappa shape index (κ3) is 7.97. The minimum absolute atomic E-state index is 0.223. The summed E-state index contributed by atoms with van der Waals surface area (Å²) >= 11 is 7.43. The van der Waals surface area contributed by atoms with Gasteiger partial charge in [-0.05, 0) is 60.7 Å². The fourth-order valence-electron chi connectivity index (χ4n) is 3.93. The van der Waals surface area contributed by atoms with E-state index in [-0.39, 0.29) is 18.4 Å². The first-order valence-corrected chi connectivity index (χ1v) is 14.3. The third-order valence-corrected chi connectivity index (χ3v) is 7.08. The Balaban J connectivity index is 1.14. The summed E-state index contributed by atoms with van der Waals surface area (Å²) in [5, 5.41) is 13.5. The number of hydrazone groups is 1. The van der Waals surface area contributed by atoms with Crippen molar-refractivity contribution in [3.8, 4) is 22.8 Å². The number of hydrogen-bond donors (Lipinski definition) is 3. The number of benzene rings is 4. The van der Waals surface area contributed by atoms with Crippen molar-refractivity contribution in [1.82, 2.24) is 10.4 Å². The summed E-state index contributed by atoms with van der Waals surface area (Å²) in [6.45, 7) is -0.223. The van der Waals surface area contributed by atoms with Crippen LogP contribution in [0.4, 0.5) is 16.5 Å². The highest BCUT2D eigenvalue weighted by Crippen LogP contribution is 2.28. The largest absolute Gasteiger partial charge is 0.495 e. The predicted octanol–water partition coefficient (Wildman–Crippen LogP) is 7.00. The molecule has 0 bridgehead atoms. The Hall–Kier alpha value is -5.19. The highest BCUT2D eigenvalue weighted by molar-refractivity contribution is 7.14. The molecule has 0 spiro atoms. The Labute approximate surface area is 257 Å². The van der Waals surface area contributed by atoms with Crippen LogP contribution in [0.2, 0.25) is 5.02 Å². The number of nitrogens with zero attached hydrogens (tertiary/aromatic N) is 2. The van der Waals surface area contributed by atoms with E-state index in [1.165, 1.54) is 24.7 Å². The maximum absolute atomic E-state index is 12.7. The van der Waals surface area contributed by atoms with Gasteiger partial charge in [-0.25, -0.2) is 10.4 Å². The van der Waals surface area contributed by atoms with Gasteiger partial charge in [0, 0.05) is 32.8 Å². The number of carbonyl (C=O) groups excluding carboxylic acids is 2. The average molecular weight is 612 g/mol. The average Bonchev–Trinajstić information content (AvgIpc) is 3.50. The van der Waals surface area contributed by atoms with Crippen molar-refractivity contribution < 1.29 is 19.1 Å². The monoisotopic (exact) mass is 611 g/mol. The summed E-state index contributed by atoms with van der Waals surface area (Å²) in [7, 11) is 1.53. The summed E-state index contributed by atoms with van der Waals surface area (Å²) in [4.78, 5) is 29.7. The van der Waals surface area contributed by atoms with Gasteiger partial charge in [-0.3, -0.25) is 9.59 Å². The lowest BCUT2D eigenvalue weighted by atomic mass is 10.1. The van der Waals surface area contributed by atoms with Gasteiger partial charge in [-0.15, -0.1) is 11.3 Å². The quantitative estimate of drug-likeness (QED) is 0.109. The highest BCUT2D eigenvalue weighted by Gasteiger charge is 2.11. The van der Waals surface area contributed by atoms with Crippen molar-refractivity contribution in [2.75, 3.05) is 24.4 Å². The normalized spacial score (nSPS) is 10.7. The molecule has 43 heavy (non-hydrogen) atoms. The molecule has 0 saturated heterocycles. The number of hydrogen-bond acceptors (Lipinski definition) is 8. The molecule has 9 nitrogen and oxygen atoms in total. The first-order chi connectivity index (χ1) is 21.0. The molecule has 5 aromatic rings. The number of anilines is 3. The summed E-state index contributed by atoms with van der Waals surface area (Å²) < 4.78 is 11.0. The number of halogens is 1. The Morgan fingerprint density at radius 1 is 0.930 bits per heavy atom. The molecule has 5 rings (SSSR count). The van der Waals surface area contributed by atoms with Crippen molar-refractivity contribution in [3.05, 3.63) is 119 Å². The topological polar surface area (TPSA) is 114 Å². The fourth-order valence-corrected chi connectivity index (χ4v) is 4.80. The lowest BCUT2D eigenvalue weighted by Gasteiger charge is -2.11. The molecule has 1 heterocycles. The van der Waals surface area contributed by atoms with E-state index in [1.54, 1.807) is 54.6 Å². The minimum Gasteiger partial charge on any atom is -0.495 e. The molecule has 3 N–H and O–H groups in total. The number of ether oxygens (including phenoxy) is 2. The van der Waals surface area contributed by atoms with Crippen LogP contribution in [0.5, 0.6) is 11.5 Å². The molecule has 0 unspecified atom stereocenters. The summed E-state index contributed by atoms with van der Waals surface area (Å²) in [6.07, 6.45) is 1.46. The second-order valence-electron chi connectivity index (χ2n) is 9.02. The van der Waals surface area contributed by atoms with Crippen molar-refractivity contribution in [3.63, 3.8) is 0 Å². The molecule has 216 valence electrons. The molecule has 0 radical (unpaired) electrons. The van der Waals surface area contributed by atoms with E-state index in [1.807, 2.05) is 47.8 Å². The van der Waals surface area contributed by atoms with Crippen molar-refractivity contribution in [2.45, 2.75) is 0 Å². The van der Waals surface area contributed by atoms with Gasteiger partial charge in [0.2, 0.25) is 0 Å². The van der Waals surface area contributed by atoms with Gasteiger partial charge in [0.05, 0.1) is 24.7 Å². The molecular weight excluding hydrogens is 586 g/mol. The molecule has 0 atom stereocenters. The van der Waals surface area contributed by atoms with Gasteiger partial charge in [0.15, 0.2) is 11.7 Å². The van der Waals surface area contributed by atoms with Crippen LogP contribution in [-0.4, -0.2) is 36.7 Å².